The molecule has 0 aliphatic carbocycles. The molecular formula is C27H44N2O8PS+. The number of carbonyl (C=O) groups excluding carboxylic acids is 1. The predicted octanol–water partition coefficient (Wildman–Crippen LogP) is 3.19. The monoisotopic (exact) mass is 587 g/mol. The summed E-state index contributed by atoms with van der Waals surface area (Å²) in [6, 6.07) is 5.81. The van der Waals surface area contributed by atoms with E-state index in [1.54, 1.807) is 12.1 Å². The number of ether oxygens (including phenoxy) is 5. The van der Waals surface area contributed by atoms with Gasteiger partial charge in [-0.15, -0.1) is 0 Å². The fourth-order valence-electron chi connectivity index (χ4n) is 4.97. The third kappa shape index (κ3) is 9.13. The van der Waals surface area contributed by atoms with Gasteiger partial charge in [0.15, 0.2) is 0 Å². The Kier molecular flexibility index (Phi) is 12.0. The molecule has 12 heteroatoms. The summed E-state index contributed by atoms with van der Waals surface area (Å²) in [5.74, 6) is 0.976. The van der Waals surface area contributed by atoms with E-state index in [9.17, 15) is 13.2 Å². The van der Waals surface area contributed by atoms with E-state index in [1.165, 1.54) is 30.7 Å². The first-order valence-corrected chi connectivity index (χ1v) is 17.0. The van der Waals surface area contributed by atoms with Crippen LogP contribution >= 0.6 is 7.55 Å². The third-order valence-electron chi connectivity index (χ3n) is 6.96. The van der Waals surface area contributed by atoms with Gasteiger partial charge in [0.05, 0.1) is 64.0 Å². The fraction of sp³-hybridized carbons (Fsp3) is 0.704. The molecule has 2 aliphatic heterocycles. The van der Waals surface area contributed by atoms with Gasteiger partial charge in [0.2, 0.25) is 10.0 Å². The van der Waals surface area contributed by atoms with Crippen molar-refractivity contribution in [3.63, 3.8) is 0 Å². The Morgan fingerprint density at radius 1 is 1.21 bits per heavy atom. The van der Waals surface area contributed by atoms with Crippen LogP contribution in [0, 0.1) is 11.8 Å². The van der Waals surface area contributed by atoms with Crippen LogP contribution in [-0.2, 0) is 29.0 Å². The Bertz CT molecular complexity index is 1050. The molecule has 3 rings (SSSR count). The lowest BCUT2D eigenvalue weighted by Gasteiger charge is -2.31. The smallest absolute Gasteiger partial charge is 0.407 e. The zero-order chi connectivity index (χ0) is 28.6. The Morgan fingerprint density at radius 3 is 2.54 bits per heavy atom. The number of methoxy groups -OCH3 is 2. The topological polar surface area (TPSA) is 113 Å². The number of nitrogens with zero attached hydrogens (tertiary/aromatic N) is 1. The second kappa shape index (κ2) is 14.8. The van der Waals surface area contributed by atoms with Gasteiger partial charge in [0.1, 0.15) is 18.0 Å². The highest BCUT2D eigenvalue weighted by Crippen LogP contribution is 2.29. The predicted molar refractivity (Wildman–Crippen MR) is 153 cm³/mol. The van der Waals surface area contributed by atoms with Gasteiger partial charge in [0, 0.05) is 39.1 Å². The highest BCUT2D eigenvalue weighted by Gasteiger charge is 2.37. The molecule has 1 aromatic carbocycles. The summed E-state index contributed by atoms with van der Waals surface area (Å²) in [5.41, 5.74) is 0. The Balaban J connectivity index is 1.74. The normalized spacial score (nSPS) is 23.6. The minimum absolute atomic E-state index is 0.0314. The molecule has 6 unspecified atom stereocenters. The molecule has 2 aliphatic rings. The van der Waals surface area contributed by atoms with Crippen molar-refractivity contribution < 1.29 is 36.9 Å². The second-order valence-electron chi connectivity index (χ2n) is 10.7. The number of amides is 1. The Morgan fingerprint density at radius 2 is 1.92 bits per heavy atom. The van der Waals surface area contributed by atoms with Crippen molar-refractivity contribution in [1.82, 2.24) is 9.62 Å². The van der Waals surface area contributed by atoms with E-state index in [0.717, 1.165) is 6.42 Å². The summed E-state index contributed by atoms with van der Waals surface area (Å²) in [7, 11) is -1.47. The first-order valence-electron chi connectivity index (χ1n) is 13.4. The van der Waals surface area contributed by atoms with Gasteiger partial charge >= 0.3 is 6.09 Å². The van der Waals surface area contributed by atoms with Gasteiger partial charge in [-0.3, -0.25) is 0 Å². The van der Waals surface area contributed by atoms with Crippen molar-refractivity contribution in [1.29, 1.82) is 0 Å². The second-order valence-corrected chi connectivity index (χ2v) is 14.7. The number of hydrogen-bond donors (Lipinski definition) is 1. The summed E-state index contributed by atoms with van der Waals surface area (Å²) in [5, 5.41) is 2.95. The highest BCUT2D eigenvalue weighted by atomic mass is 32.2. The summed E-state index contributed by atoms with van der Waals surface area (Å²) in [4.78, 5) is 13.2. The molecule has 0 aromatic heterocycles. The molecule has 2 fully saturated rings. The van der Waals surface area contributed by atoms with Gasteiger partial charge in [0.25, 0.3) is 0 Å². The van der Waals surface area contributed by atoms with Crippen LogP contribution in [0.2, 0.25) is 0 Å². The summed E-state index contributed by atoms with van der Waals surface area (Å²) < 4.78 is 57.0. The maximum absolute atomic E-state index is 13.7. The maximum Gasteiger partial charge on any atom is 0.407 e. The number of nitrogens with one attached hydrogen (secondary N) is 1. The van der Waals surface area contributed by atoms with Crippen LogP contribution < -0.4 is 10.1 Å². The van der Waals surface area contributed by atoms with E-state index < -0.39 is 41.9 Å². The first-order chi connectivity index (χ1) is 18.5. The maximum atomic E-state index is 13.7. The average Bonchev–Trinajstić information content (AvgIpc) is 3.23. The average molecular weight is 588 g/mol. The quantitative estimate of drug-likeness (QED) is 0.350. The number of fused-ring (bicyclic) bond motifs is 1. The molecule has 220 valence electrons. The van der Waals surface area contributed by atoms with Crippen LogP contribution in [-0.4, -0.2) is 109 Å². The highest BCUT2D eigenvalue weighted by molar-refractivity contribution is 7.89. The minimum Gasteiger partial charge on any atom is -0.497 e. The Hall–Kier alpha value is -1.75. The van der Waals surface area contributed by atoms with Crippen LogP contribution in [0.4, 0.5) is 4.79 Å². The summed E-state index contributed by atoms with van der Waals surface area (Å²) in [6.07, 6.45) is 4.63. The summed E-state index contributed by atoms with van der Waals surface area (Å²) >= 11 is 0. The largest absolute Gasteiger partial charge is 0.497 e. The van der Waals surface area contributed by atoms with Crippen LogP contribution in [0.5, 0.6) is 5.75 Å². The van der Waals surface area contributed by atoms with Crippen molar-refractivity contribution >= 4 is 30.0 Å². The van der Waals surface area contributed by atoms with Gasteiger partial charge < -0.3 is 29.0 Å². The van der Waals surface area contributed by atoms with E-state index in [4.69, 9.17) is 23.7 Å². The van der Waals surface area contributed by atoms with Gasteiger partial charge in [-0.1, -0.05) is 13.8 Å². The molecule has 1 aromatic rings. The van der Waals surface area contributed by atoms with E-state index in [2.05, 4.69) is 11.6 Å². The fourth-order valence-corrected chi connectivity index (χ4v) is 7.59. The van der Waals surface area contributed by atoms with Crippen LogP contribution in [0.15, 0.2) is 29.2 Å². The van der Waals surface area contributed by atoms with Crippen molar-refractivity contribution in [3.05, 3.63) is 24.3 Å². The lowest BCUT2D eigenvalue weighted by atomic mass is 9.99. The van der Waals surface area contributed by atoms with E-state index in [0.29, 0.717) is 50.6 Å². The van der Waals surface area contributed by atoms with E-state index in [1.807, 2.05) is 20.5 Å². The number of rotatable bonds is 13. The standard InChI is InChI=1S/C27H43N2O8PS/c1-19(2)14-29(39(31,32)23-9-7-21(33-3)8-10-23)15-26(34-4)24(18-38(5)6)28-27(30)37-22-13-25-20(11-12-36-25)16-35-17-22/h7-10,19-20,22,24-26H,5,11-18H2,1-4,6H3/p+1. The number of alkyl carbamates (subject to hydrolysis) is 1. The number of carbonyl (C=O) groups is 1. The molecule has 0 bridgehead atoms. The zero-order valence-corrected chi connectivity index (χ0v) is 25.4. The molecule has 10 nitrogen and oxygen atoms in total. The number of sulfonamides is 1. The third-order valence-corrected chi connectivity index (χ3v) is 9.83. The minimum atomic E-state index is -3.84. The first kappa shape index (κ1) is 31.8. The molecule has 2 saturated heterocycles. The molecule has 0 spiro atoms. The van der Waals surface area contributed by atoms with Crippen LogP contribution in [0.3, 0.4) is 0 Å². The molecule has 1 amide bonds. The Labute approximate surface area is 234 Å². The lowest BCUT2D eigenvalue weighted by Crippen LogP contribution is -2.52. The molecule has 6 atom stereocenters. The van der Waals surface area contributed by atoms with Crippen LogP contribution in [0.1, 0.15) is 26.7 Å². The van der Waals surface area contributed by atoms with E-state index >= 15 is 0 Å². The molecular weight excluding hydrogens is 543 g/mol. The van der Waals surface area contributed by atoms with Crippen molar-refractivity contribution in [3.8, 4) is 5.75 Å². The van der Waals surface area contributed by atoms with Crippen molar-refractivity contribution in [2.24, 2.45) is 11.8 Å². The number of hydrogen-bond acceptors (Lipinski definition) is 8. The van der Waals surface area contributed by atoms with Crippen LogP contribution in [0.25, 0.3) is 0 Å². The van der Waals surface area contributed by atoms with Gasteiger partial charge in [-0.25, -0.2) is 13.2 Å². The summed E-state index contributed by atoms with van der Waals surface area (Å²) in [6.45, 7) is 7.89. The molecule has 2 heterocycles. The van der Waals surface area contributed by atoms with Crippen molar-refractivity contribution in [2.45, 2.75) is 55.9 Å². The van der Waals surface area contributed by atoms with Gasteiger partial charge in [-0.05, 0) is 36.6 Å². The SMILES string of the molecule is C=[P+](C)CC(NC(=O)OC1COCC2CCOC2C1)C(CN(CC(C)C)S(=O)(=O)c1ccc(OC)cc1)OC. The molecule has 0 radical (unpaired) electrons. The molecule has 0 saturated carbocycles. The molecule has 39 heavy (non-hydrogen) atoms. The van der Waals surface area contributed by atoms with Gasteiger partial charge in [-0.2, -0.15) is 4.31 Å². The lowest BCUT2D eigenvalue weighted by molar-refractivity contribution is 0.00927. The van der Waals surface area contributed by atoms with Crippen molar-refractivity contribution in [2.75, 3.05) is 60.0 Å². The zero-order valence-electron chi connectivity index (χ0n) is 23.7. The number of benzene rings is 1. The molecule has 1 N–H and O–H groups in total. The van der Waals surface area contributed by atoms with E-state index in [-0.39, 0.29) is 23.5 Å².